The highest BCUT2D eigenvalue weighted by molar-refractivity contribution is 6.35. The molecule has 0 aliphatic heterocycles. The molecule has 1 atom stereocenters. The minimum atomic E-state index is 0.713. The van der Waals surface area contributed by atoms with E-state index in [0.717, 1.165) is 6.54 Å². The van der Waals surface area contributed by atoms with E-state index in [4.69, 9.17) is 0 Å². The van der Waals surface area contributed by atoms with Crippen LogP contribution in [0.3, 0.4) is 0 Å². The zero-order valence-corrected chi connectivity index (χ0v) is 5.36. The molecule has 7 heavy (non-hydrogen) atoms. The molecule has 0 aliphatic carbocycles. The third kappa shape index (κ3) is 3.87. The van der Waals surface area contributed by atoms with E-state index in [2.05, 4.69) is 26.3 Å². The molecule has 0 aromatic heterocycles. The molecular formula is C5H13BN. The minimum Gasteiger partial charge on any atom is -0.320 e. The van der Waals surface area contributed by atoms with E-state index in [1.807, 2.05) is 7.05 Å². The fourth-order valence-corrected chi connectivity index (χ4v) is 0.440. The largest absolute Gasteiger partial charge is 0.320 e. The van der Waals surface area contributed by atoms with Crippen LogP contribution in [0.1, 0.15) is 6.92 Å². The highest BCUT2D eigenvalue weighted by Crippen LogP contribution is 1.94. The van der Waals surface area contributed by atoms with Crippen LogP contribution in [0.5, 0.6) is 0 Å². The van der Waals surface area contributed by atoms with E-state index in [-0.39, 0.29) is 0 Å². The highest BCUT2D eigenvalue weighted by atomic mass is 14.8. The van der Waals surface area contributed by atoms with Crippen molar-refractivity contribution >= 4 is 7.28 Å². The lowest BCUT2D eigenvalue weighted by atomic mass is 9.68. The lowest BCUT2D eigenvalue weighted by molar-refractivity contribution is 0.765. The van der Waals surface area contributed by atoms with Gasteiger partial charge in [-0.25, -0.2) is 0 Å². The number of rotatable bonds is 3. The third-order valence-electron chi connectivity index (χ3n) is 1.10. The summed E-state index contributed by atoms with van der Waals surface area (Å²) >= 11 is 0. The van der Waals surface area contributed by atoms with Crippen LogP contribution >= 0.6 is 0 Å². The smallest absolute Gasteiger partial charge is 0.111 e. The van der Waals surface area contributed by atoms with Crippen LogP contribution in [0, 0.1) is 0 Å². The summed E-state index contributed by atoms with van der Waals surface area (Å²) in [5, 5.41) is 3.09. The molecule has 0 aromatic carbocycles. The molecule has 0 spiro atoms. The Kier molecular flexibility index (Phi) is 4.21. The first kappa shape index (κ1) is 7.02. The van der Waals surface area contributed by atoms with Crippen molar-refractivity contribution in [3.8, 4) is 0 Å². The molecule has 0 bridgehead atoms. The molecule has 41 valence electrons. The second-order valence-corrected chi connectivity index (χ2v) is 1.87. The maximum Gasteiger partial charge on any atom is 0.111 e. The van der Waals surface area contributed by atoms with Gasteiger partial charge < -0.3 is 5.32 Å². The first-order valence-electron chi connectivity index (χ1n) is 2.75. The standard InChI is InChI=1S/C5H13BN/c1-5(6-2)4-7-3/h5,7H,4H2,1-3H3/t5-/m0/s1. The monoisotopic (exact) mass is 98.1 g/mol. The van der Waals surface area contributed by atoms with Crippen molar-refractivity contribution in [1.82, 2.24) is 5.32 Å². The van der Waals surface area contributed by atoms with Gasteiger partial charge in [0.1, 0.15) is 7.28 Å². The molecule has 0 unspecified atom stereocenters. The molecule has 1 radical (unpaired) electrons. The summed E-state index contributed by atoms with van der Waals surface area (Å²) in [5.74, 6) is 0.713. The predicted molar refractivity (Wildman–Crippen MR) is 35.0 cm³/mol. The fraction of sp³-hybridized carbons (Fsp3) is 1.00. The molecular weight excluding hydrogens is 84.9 g/mol. The second kappa shape index (κ2) is 4.19. The fourth-order valence-electron chi connectivity index (χ4n) is 0.440. The zero-order valence-electron chi connectivity index (χ0n) is 5.36. The maximum atomic E-state index is 3.09. The van der Waals surface area contributed by atoms with E-state index in [1.54, 1.807) is 0 Å². The van der Waals surface area contributed by atoms with Crippen molar-refractivity contribution in [2.75, 3.05) is 13.6 Å². The Labute approximate surface area is 46.7 Å². The van der Waals surface area contributed by atoms with E-state index in [9.17, 15) is 0 Å². The van der Waals surface area contributed by atoms with Crippen molar-refractivity contribution in [3.05, 3.63) is 0 Å². The van der Waals surface area contributed by atoms with Gasteiger partial charge in [-0.1, -0.05) is 19.6 Å². The van der Waals surface area contributed by atoms with Gasteiger partial charge >= 0.3 is 0 Å². The Morgan fingerprint density at radius 3 is 2.43 bits per heavy atom. The van der Waals surface area contributed by atoms with Crippen molar-refractivity contribution in [3.63, 3.8) is 0 Å². The summed E-state index contributed by atoms with van der Waals surface area (Å²) in [6, 6.07) is 0. The van der Waals surface area contributed by atoms with Gasteiger partial charge in [-0.05, 0) is 13.6 Å². The topological polar surface area (TPSA) is 12.0 Å². The van der Waals surface area contributed by atoms with Gasteiger partial charge in [-0.2, -0.15) is 0 Å². The van der Waals surface area contributed by atoms with Gasteiger partial charge in [0.05, 0.1) is 0 Å². The molecule has 1 N–H and O–H groups in total. The number of nitrogens with one attached hydrogen (secondary N) is 1. The van der Waals surface area contributed by atoms with E-state index < -0.39 is 0 Å². The maximum absolute atomic E-state index is 3.09. The van der Waals surface area contributed by atoms with Crippen LogP contribution in [0.15, 0.2) is 0 Å². The van der Waals surface area contributed by atoms with Crippen LogP contribution in [-0.2, 0) is 0 Å². The van der Waals surface area contributed by atoms with Crippen LogP contribution in [0.25, 0.3) is 0 Å². The molecule has 0 heterocycles. The molecule has 0 saturated carbocycles. The predicted octanol–water partition coefficient (Wildman–Crippen LogP) is 0.766. The lowest BCUT2D eigenvalue weighted by Gasteiger charge is -2.03. The quantitative estimate of drug-likeness (QED) is 0.514. The van der Waals surface area contributed by atoms with E-state index >= 15 is 0 Å². The van der Waals surface area contributed by atoms with Crippen LogP contribution < -0.4 is 5.32 Å². The molecule has 0 amide bonds. The summed E-state index contributed by atoms with van der Waals surface area (Å²) in [4.78, 5) is 0. The first-order valence-corrected chi connectivity index (χ1v) is 2.75. The minimum absolute atomic E-state index is 0.713. The average Bonchev–Trinajstić information content (AvgIpc) is 1.68. The summed E-state index contributed by atoms with van der Waals surface area (Å²) in [5.41, 5.74) is 0. The molecule has 0 rings (SSSR count). The Bertz CT molecular complexity index is 39.1. The van der Waals surface area contributed by atoms with Crippen molar-refractivity contribution < 1.29 is 0 Å². The molecule has 0 aromatic rings. The molecule has 0 saturated heterocycles. The Morgan fingerprint density at radius 2 is 2.29 bits per heavy atom. The summed E-state index contributed by atoms with van der Waals surface area (Å²) in [7, 11) is 4.16. The van der Waals surface area contributed by atoms with Crippen LogP contribution in [0.2, 0.25) is 12.6 Å². The summed E-state index contributed by atoms with van der Waals surface area (Å²) in [6.45, 7) is 5.37. The SMILES string of the molecule is C[B][C@@H](C)CNC. The van der Waals surface area contributed by atoms with Crippen molar-refractivity contribution in [1.29, 1.82) is 0 Å². The first-order chi connectivity index (χ1) is 3.31. The summed E-state index contributed by atoms with van der Waals surface area (Å²) in [6.07, 6.45) is 0. The summed E-state index contributed by atoms with van der Waals surface area (Å²) < 4.78 is 0. The van der Waals surface area contributed by atoms with Gasteiger partial charge in [0.15, 0.2) is 0 Å². The second-order valence-electron chi connectivity index (χ2n) is 1.87. The van der Waals surface area contributed by atoms with Crippen LogP contribution in [0.4, 0.5) is 0 Å². The lowest BCUT2D eigenvalue weighted by Crippen LogP contribution is -2.14. The Morgan fingerprint density at radius 1 is 1.71 bits per heavy atom. The molecule has 2 heteroatoms. The molecule has 1 nitrogen and oxygen atoms in total. The van der Waals surface area contributed by atoms with Gasteiger partial charge in [0.2, 0.25) is 0 Å². The molecule has 0 fully saturated rings. The normalized spacial score (nSPS) is 13.6. The Balaban J connectivity index is 2.83. The molecule has 0 aliphatic rings. The number of hydrogen-bond donors (Lipinski definition) is 1. The van der Waals surface area contributed by atoms with E-state index in [0.29, 0.717) is 5.82 Å². The van der Waals surface area contributed by atoms with Gasteiger partial charge in [-0.15, -0.1) is 0 Å². The highest BCUT2D eigenvalue weighted by Gasteiger charge is 1.93. The average molecular weight is 98.0 g/mol. The van der Waals surface area contributed by atoms with E-state index in [1.165, 1.54) is 0 Å². The Hall–Kier alpha value is 0.0249. The third-order valence-corrected chi connectivity index (χ3v) is 1.10. The van der Waals surface area contributed by atoms with Gasteiger partial charge in [0, 0.05) is 0 Å². The van der Waals surface area contributed by atoms with Crippen molar-refractivity contribution in [2.45, 2.75) is 19.6 Å². The van der Waals surface area contributed by atoms with Gasteiger partial charge in [0.25, 0.3) is 0 Å². The van der Waals surface area contributed by atoms with Crippen molar-refractivity contribution in [2.24, 2.45) is 0 Å². The number of hydrogen-bond acceptors (Lipinski definition) is 1. The van der Waals surface area contributed by atoms with Crippen LogP contribution in [-0.4, -0.2) is 20.9 Å². The zero-order chi connectivity index (χ0) is 5.70. The van der Waals surface area contributed by atoms with Gasteiger partial charge in [-0.3, -0.25) is 0 Å².